The van der Waals surface area contributed by atoms with E-state index in [9.17, 15) is 4.79 Å². The van der Waals surface area contributed by atoms with Gasteiger partial charge in [0.15, 0.2) is 0 Å². The molecule has 2 saturated heterocycles. The molecule has 1 amide bonds. The lowest BCUT2D eigenvalue weighted by Crippen LogP contribution is -2.54. The third-order valence-electron chi connectivity index (χ3n) is 7.55. The molecule has 0 spiro atoms. The van der Waals surface area contributed by atoms with Crippen molar-refractivity contribution >= 4 is 5.91 Å². The second-order valence-corrected chi connectivity index (χ2v) is 9.43. The Hall–Kier alpha value is -1.59. The second-order valence-electron chi connectivity index (χ2n) is 9.43. The zero-order chi connectivity index (χ0) is 19.6. The summed E-state index contributed by atoms with van der Waals surface area (Å²) in [5.41, 5.74) is 2.74. The molecule has 0 aromatic heterocycles. The standard InChI is InChI=1S/C24H35N3O2/c28-24(27-10-3-5-20-4-1-2-6-22(20)27)18-26-13-11-25(12-14-26)17-19-7-8-23-21(16-19)9-15-29-23/h7-8,16,20,22H,1-6,9-15,17-18H2/t20-,22-/m1/s1. The van der Waals surface area contributed by atoms with E-state index in [0.29, 0.717) is 18.5 Å². The van der Waals surface area contributed by atoms with Crippen LogP contribution in [0.1, 0.15) is 49.7 Å². The van der Waals surface area contributed by atoms with E-state index in [1.807, 2.05) is 0 Å². The smallest absolute Gasteiger partial charge is 0.237 e. The van der Waals surface area contributed by atoms with Crippen LogP contribution in [-0.4, -0.2) is 72.5 Å². The molecule has 3 aliphatic heterocycles. The van der Waals surface area contributed by atoms with Crippen molar-refractivity contribution in [2.45, 2.75) is 57.5 Å². The molecule has 29 heavy (non-hydrogen) atoms. The fourth-order valence-corrected chi connectivity index (χ4v) is 5.92. The molecular weight excluding hydrogens is 362 g/mol. The Morgan fingerprint density at radius 1 is 0.966 bits per heavy atom. The fraction of sp³-hybridized carbons (Fsp3) is 0.708. The van der Waals surface area contributed by atoms with Crippen LogP contribution < -0.4 is 4.74 Å². The molecule has 3 heterocycles. The Bertz CT molecular complexity index is 727. The van der Waals surface area contributed by atoms with Crippen molar-refractivity contribution in [1.29, 1.82) is 0 Å². The summed E-state index contributed by atoms with van der Waals surface area (Å²) in [5, 5.41) is 0. The van der Waals surface area contributed by atoms with E-state index in [1.165, 1.54) is 49.7 Å². The Labute approximate surface area is 175 Å². The summed E-state index contributed by atoms with van der Waals surface area (Å²) < 4.78 is 5.62. The van der Waals surface area contributed by atoms with Crippen LogP contribution in [0.3, 0.4) is 0 Å². The normalized spacial score (nSPS) is 27.9. The first-order valence-electron chi connectivity index (χ1n) is 11.7. The number of nitrogens with zero attached hydrogens (tertiary/aromatic N) is 3. The molecule has 0 bridgehead atoms. The molecule has 5 nitrogen and oxygen atoms in total. The summed E-state index contributed by atoms with van der Waals surface area (Å²) >= 11 is 0. The number of piperazine rings is 1. The van der Waals surface area contributed by atoms with Gasteiger partial charge >= 0.3 is 0 Å². The minimum absolute atomic E-state index is 0.383. The van der Waals surface area contributed by atoms with E-state index in [1.54, 1.807) is 0 Å². The highest BCUT2D eigenvalue weighted by Crippen LogP contribution is 2.35. The molecule has 2 atom stereocenters. The van der Waals surface area contributed by atoms with Crippen molar-refractivity contribution in [3.63, 3.8) is 0 Å². The van der Waals surface area contributed by atoms with Crippen LogP contribution in [0.25, 0.3) is 0 Å². The maximum Gasteiger partial charge on any atom is 0.237 e. The van der Waals surface area contributed by atoms with Gasteiger partial charge in [-0.25, -0.2) is 0 Å². The zero-order valence-electron chi connectivity index (χ0n) is 17.7. The van der Waals surface area contributed by atoms with Crippen molar-refractivity contribution < 1.29 is 9.53 Å². The van der Waals surface area contributed by atoms with Crippen molar-refractivity contribution in [1.82, 2.24) is 14.7 Å². The van der Waals surface area contributed by atoms with Gasteiger partial charge in [0.25, 0.3) is 0 Å². The van der Waals surface area contributed by atoms with Gasteiger partial charge in [0.1, 0.15) is 5.75 Å². The Morgan fingerprint density at radius 3 is 2.66 bits per heavy atom. The summed E-state index contributed by atoms with van der Waals surface area (Å²) in [6, 6.07) is 7.19. The van der Waals surface area contributed by atoms with Crippen molar-refractivity contribution in [3.05, 3.63) is 29.3 Å². The van der Waals surface area contributed by atoms with Crippen LogP contribution in [0, 0.1) is 5.92 Å². The SMILES string of the molecule is O=C(CN1CCN(Cc2ccc3c(c2)CCO3)CC1)N1CCC[C@H]2CCCC[C@H]21. The summed E-state index contributed by atoms with van der Waals surface area (Å²) in [5.74, 6) is 2.22. The number of rotatable bonds is 4. The summed E-state index contributed by atoms with van der Waals surface area (Å²) in [7, 11) is 0. The van der Waals surface area contributed by atoms with Gasteiger partial charge in [0, 0.05) is 51.7 Å². The minimum atomic E-state index is 0.383. The molecule has 1 aromatic rings. The van der Waals surface area contributed by atoms with Crippen LogP contribution >= 0.6 is 0 Å². The number of carbonyl (C=O) groups is 1. The van der Waals surface area contributed by atoms with Gasteiger partial charge in [-0.05, 0) is 48.8 Å². The Balaban J connectivity index is 1.11. The number of hydrogen-bond acceptors (Lipinski definition) is 4. The van der Waals surface area contributed by atoms with Gasteiger partial charge < -0.3 is 9.64 Å². The van der Waals surface area contributed by atoms with Crippen LogP contribution in [0.4, 0.5) is 0 Å². The molecule has 5 rings (SSSR count). The molecule has 0 unspecified atom stereocenters. The first-order chi connectivity index (χ1) is 14.3. The molecule has 4 aliphatic rings. The molecular formula is C24H35N3O2. The highest BCUT2D eigenvalue weighted by molar-refractivity contribution is 5.78. The lowest BCUT2D eigenvalue weighted by molar-refractivity contribution is -0.139. The van der Waals surface area contributed by atoms with E-state index in [0.717, 1.165) is 64.0 Å². The first-order valence-corrected chi connectivity index (χ1v) is 11.7. The molecule has 1 saturated carbocycles. The third kappa shape index (κ3) is 4.31. The van der Waals surface area contributed by atoms with E-state index < -0.39 is 0 Å². The lowest BCUT2D eigenvalue weighted by Gasteiger charge is -2.45. The van der Waals surface area contributed by atoms with E-state index in [-0.39, 0.29) is 0 Å². The number of likely N-dealkylation sites (tertiary alicyclic amines) is 1. The van der Waals surface area contributed by atoms with Gasteiger partial charge in [0.2, 0.25) is 5.91 Å². The highest BCUT2D eigenvalue weighted by atomic mass is 16.5. The van der Waals surface area contributed by atoms with Crippen LogP contribution in [-0.2, 0) is 17.8 Å². The van der Waals surface area contributed by atoms with Crippen molar-refractivity contribution in [2.75, 3.05) is 45.9 Å². The Kier molecular flexibility index (Phi) is 5.78. The van der Waals surface area contributed by atoms with Gasteiger partial charge in [-0.3, -0.25) is 14.6 Å². The topological polar surface area (TPSA) is 36.0 Å². The summed E-state index contributed by atoms with van der Waals surface area (Å²) in [4.78, 5) is 20.2. The molecule has 0 N–H and O–H groups in total. The quantitative estimate of drug-likeness (QED) is 0.783. The Morgan fingerprint density at radius 2 is 1.76 bits per heavy atom. The monoisotopic (exact) mass is 397 g/mol. The summed E-state index contributed by atoms with van der Waals surface area (Å²) in [6.45, 7) is 7.54. The maximum atomic E-state index is 13.1. The zero-order valence-corrected chi connectivity index (χ0v) is 17.7. The molecule has 1 aromatic carbocycles. The predicted octanol–water partition coefficient (Wildman–Crippen LogP) is 2.92. The average molecular weight is 398 g/mol. The minimum Gasteiger partial charge on any atom is -0.493 e. The maximum absolute atomic E-state index is 13.1. The summed E-state index contributed by atoms with van der Waals surface area (Å²) in [6.07, 6.45) is 8.81. The predicted molar refractivity (Wildman–Crippen MR) is 114 cm³/mol. The molecule has 1 aliphatic carbocycles. The molecule has 158 valence electrons. The van der Waals surface area contributed by atoms with Gasteiger partial charge in [-0.1, -0.05) is 25.0 Å². The molecule has 3 fully saturated rings. The fourth-order valence-electron chi connectivity index (χ4n) is 5.92. The largest absolute Gasteiger partial charge is 0.493 e. The molecule has 0 radical (unpaired) electrons. The number of piperidine rings is 1. The van der Waals surface area contributed by atoms with E-state index in [2.05, 4.69) is 32.9 Å². The highest BCUT2D eigenvalue weighted by Gasteiger charge is 2.36. The van der Waals surface area contributed by atoms with E-state index in [4.69, 9.17) is 4.74 Å². The van der Waals surface area contributed by atoms with Crippen LogP contribution in [0.2, 0.25) is 0 Å². The van der Waals surface area contributed by atoms with Gasteiger partial charge in [-0.2, -0.15) is 0 Å². The van der Waals surface area contributed by atoms with Crippen molar-refractivity contribution in [3.8, 4) is 5.75 Å². The number of amides is 1. The molecule has 5 heteroatoms. The van der Waals surface area contributed by atoms with Crippen molar-refractivity contribution in [2.24, 2.45) is 5.92 Å². The van der Waals surface area contributed by atoms with Gasteiger partial charge in [-0.15, -0.1) is 0 Å². The number of fused-ring (bicyclic) bond motifs is 2. The van der Waals surface area contributed by atoms with Crippen LogP contribution in [0.5, 0.6) is 5.75 Å². The van der Waals surface area contributed by atoms with E-state index >= 15 is 0 Å². The van der Waals surface area contributed by atoms with Gasteiger partial charge in [0.05, 0.1) is 13.2 Å². The third-order valence-corrected chi connectivity index (χ3v) is 7.55. The lowest BCUT2D eigenvalue weighted by atomic mass is 9.78. The van der Waals surface area contributed by atoms with Crippen LogP contribution in [0.15, 0.2) is 18.2 Å². The first kappa shape index (κ1) is 19.4. The number of ether oxygens (including phenoxy) is 1. The second kappa shape index (κ2) is 8.65. The number of carbonyl (C=O) groups excluding carboxylic acids is 1. The number of hydrogen-bond donors (Lipinski definition) is 0. The number of benzene rings is 1. The average Bonchev–Trinajstić information content (AvgIpc) is 3.22.